The van der Waals surface area contributed by atoms with Gasteiger partial charge < -0.3 is 5.11 Å². The highest BCUT2D eigenvalue weighted by molar-refractivity contribution is 6.33. The molecule has 1 N–H and O–H groups in total. The van der Waals surface area contributed by atoms with Crippen LogP contribution in [-0.2, 0) is 0 Å². The van der Waals surface area contributed by atoms with Crippen LogP contribution in [0.4, 0.5) is 4.39 Å². The third-order valence-corrected chi connectivity index (χ3v) is 2.47. The molecular weight excluding hydrogens is 245 g/mol. The van der Waals surface area contributed by atoms with Crippen molar-refractivity contribution in [1.29, 1.82) is 0 Å². The van der Waals surface area contributed by atoms with Gasteiger partial charge in [0.15, 0.2) is 5.69 Å². The number of hydrogen-bond acceptors (Lipinski definition) is 2. The monoisotopic (exact) mass is 251 g/mol. The van der Waals surface area contributed by atoms with Crippen LogP contribution in [0.25, 0.3) is 11.3 Å². The van der Waals surface area contributed by atoms with Gasteiger partial charge in [0, 0.05) is 5.56 Å². The average molecular weight is 252 g/mol. The van der Waals surface area contributed by atoms with E-state index in [1.54, 1.807) is 12.1 Å². The van der Waals surface area contributed by atoms with E-state index in [0.29, 0.717) is 11.3 Å². The molecule has 5 heteroatoms. The van der Waals surface area contributed by atoms with E-state index in [0.717, 1.165) is 0 Å². The Balaban J connectivity index is 2.54. The Labute approximate surface area is 101 Å². The molecular formula is C12H7ClFNO2. The lowest BCUT2D eigenvalue weighted by atomic mass is 10.1. The predicted molar refractivity (Wildman–Crippen MR) is 61.6 cm³/mol. The molecule has 2 rings (SSSR count). The fraction of sp³-hybridized carbons (Fsp3) is 0. The van der Waals surface area contributed by atoms with Gasteiger partial charge in [0.05, 0.1) is 10.7 Å². The fourth-order valence-electron chi connectivity index (χ4n) is 1.40. The molecule has 1 aromatic heterocycles. The number of carboxylic acids is 1. The van der Waals surface area contributed by atoms with Gasteiger partial charge in [0.1, 0.15) is 5.82 Å². The predicted octanol–water partition coefficient (Wildman–Crippen LogP) is 3.24. The fourth-order valence-corrected chi connectivity index (χ4v) is 1.59. The minimum absolute atomic E-state index is 0.0534. The zero-order valence-electron chi connectivity index (χ0n) is 8.52. The second-order valence-electron chi connectivity index (χ2n) is 3.34. The SMILES string of the molecule is O=C(O)c1nc(-c2cccc(F)c2)ccc1Cl. The molecule has 86 valence electrons. The molecule has 1 heterocycles. The molecule has 0 saturated carbocycles. The van der Waals surface area contributed by atoms with Crippen molar-refractivity contribution in [2.75, 3.05) is 0 Å². The van der Waals surface area contributed by atoms with Gasteiger partial charge in [0.2, 0.25) is 0 Å². The van der Waals surface area contributed by atoms with Gasteiger partial charge in [0.25, 0.3) is 0 Å². The van der Waals surface area contributed by atoms with Gasteiger partial charge in [-0.3, -0.25) is 0 Å². The molecule has 2 aromatic rings. The molecule has 0 amide bonds. The molecule has 0 radical (unpaired) electrons. The van der Waals surface area contributed by atoms with Gasteiger partial charge in [-0.1, -0.05) is 23.7 Å². The number of carboxylic acid groups (broad SMARTS) is 1. The summed E-state index contributed by atoms with van der Waals surface area (Å²) in [6.45, 7) is 0. The third kappa shape index (κ3) is 2.42. The summed E-state index contributed by atoms with van der Waals surface area (Å²) in [6.07, 6.45) is 0. The Bertz CT molecular complexity index is 586. The average Bonchev–Trinajstić information content (AvgIpc) is 2.29. The van der Waals surface area contributed by atoms with Gasteiger partial charge in [-0.2, -0.15) is 0 Å². The second-order valence-corrected chi connectivity index (χ2v) is 3.75. The Morgan fingerprint density at radius 1 is 1.29 bits per heavy atom. The molecule has 0 fully saturated rings. The van der Waals surface area contributed by atoms with Crippen LogP contribution in [0.5, 0.6) is 0 Å². The highest BCUT2D eigenvalue weighted by atomic mass is 35.5. The van der Waals surface area contributed by atoms with Crippen molar-refractivity contribution in [2.24, 2.45) is 0 Å². The van der Waals surface area contributed by atoms with Gasteiger partial charge >= 0.3 is 5.97 Å². The smallest absolute Gasteiger partial charge is 0.356 e. The zero-order valence-corrected chi connectivity index (χ0v) is 9.28. The summed E-state index contributed by atoms with van der Waals surface area (Å²) in [5, 5.41) is 8.92. The van der Waals surface area contributed by atoms with Crippen LogP contribution in [0.2, 0.25) is 5.02 Å². The lowest BCUT2D eigenvalue weighted by molar-refractivity contribution is 0.0691. The van der Waals surface area contributed by atoms with Crippen molar-refractivity contribution < 1.29 is 14.3 Å². The molecule has 3 nitrogen and oxygen atoms in total. The largest absolute Gasteiger partial charge is 0.476 e. The molecule has 17 heavy (non-hydrogen) atoms. The summed E-state index contributed by atoms with van der Waals surface area (Å²) >= 11 is 5.69. The van der Waals surface area contributed by atoms with E-state index in [9.17, 15) is 9.18 Å². The molecule has 0 unspecified atom stereocenters. The summed E-state index contributed by atoms with van der Waals surface area (Å²) < 4.78 is 13.0. The number of nitrogens with zero attached hydrogens (tertiary/aromatic N) is 1. The van der Waals surface area contributed by atoms with E-state index in [1.807, 2.05) is 0 Å². The number of aromatic nitrogens is 1. The van der Waals surface area contributed by atoms with Crippen molar-refractivity contribution in [2.45, 2.75) is 0 Å². The van der Waals surface area contributed by atoms with Crippen LogP contribution in [0.1, 0.15) is 10.5 Å². The van der Waals surface area contributed by atoms with Gasteiger partial charge in [-0.15, -0.1) is 0 Å². The van der Waals surface area contributed by atoms with Crippen molar-refractivity contribution in [3.63, 3.8) is 0 Å². The summed E-state index contributed by atoms with van der Waals surface area (Å²) in [5.41, 5.74) is 0.629. The van der Waals surface area contributed by atoms with Crippen molar-refractivity contribution in [3.05, 3.63) is 52.9 Å². The van der Waals surface area contributed by atoms with E-state index >= 15 is 0 Å². The van der Waals surface area contributed by atoms with Crippen LogP contribution in [0.3, 0.4) is 0 Å². The maximum atomic E-state index is 13.0. The first-order chi connectivity index (χ1) is 8.08. The summed E-state index contributed by atoms with van der Waals surface area (Å²) in [4.78, 5) is 14.7. The number of pyridine rings is 1. The first kappa shape index (κ1) is 11.5. The summed E-state index contributed by atoms with van der Waals surface area (Å²) in [7, 11) is 0. The topological polar surface area (TPSA) is 50.2 Å². The van der Waals surface area contributed by atoms with Crippen LogP contribution >= 0.6 is 11.6 Å². The lowest BCUT2D eigenvalue weighted by Gasteiger charge is -2.03. The van der Waals surface area contributed by atoms with Crippen molar-refractivity contribution in [3.8, 4) is 11.3 Å². The highest BCUT2D eigenvalue weighted by Gasteiger charge is 2.12. The van der Waals surface area contributed by atoms with Crippen LogP contribution in [-0.4, -0.2) is 16.1 Å². The molecule has 0 bridgehead atoms. The maximum absolute atomic E-state index is 13.0. The standard InChI is InChI=1S/C12H7ClFNO2/c13-9-4-5-10(15-11(9)12(16)17)7-2-1-3-8(14)6-7/h1-6H,(H,16,17). The second kappa shape index (κ2) is 4.51. The van der Waals surface area contributed by atoms with Crippen LogP contribution < -0.4 is 0 Å². The summed E-state index contributed by atoms with van der Waals surface area (Å²) in [6, 6.07) is 8.73. The number of rotatable bonds is 2. The lowest BCUT2D eigenvalue weighted by Crippen LogP contribution is -2.02. The van der Waals surface area contributed by atoms with E-state index in [2.05, 4.69) is 4.98 Å². The Morgan fingerprint density at radius 2 is 2.06 bits per heavy atom. The Morgan fingerprint density at radius 3 is 2.71 bits per heavy atom. The van der Waals surface area contributed by atoms with Crippen LogP contribution in [0, 0.1) is 5.82 Å². The molecule has 0 aliphatic rings. The number of aromatic carboxylic acids is 1. The number of halogens is 2. The van der Waals surface area contributed by atoms with E-state index in [1.165, 1.54) is 24.3 Å². The molecule has 0 atom stereocenters. The minimum atomic E-state index is -1.21. The zero-order chi connectivity index (χ0) is 12.4. The Kier molecular flexibility index (Phi) is 3.06. The van der Waals surface area contributed by atoms with E-state index in [-0.39, 0.29) is 10.7 Å². The minimum Gasteiger partial charge on any atom is -0.476 e. The van der Waals surface area contributed by atoms with Gasteiger partial charge in [-0.05, 0) is 24.3 Å². The van der Waals surface area contributed by atoms with E-state index < -0.39 is 11.8 Å². The molecule has 0 saturated heterocycles. The van der Waals surface area contributed by atoms with Crippen LogP contribution in [0.15, 0.2) is 36.4 Å². The quantitative estimate of drug-likeness (QED) is 0.891. The Hall–Kier alpha value is -1.94. The highest BCUT2D eigenvalue weighted by Crippen LogP contribution is 2.22. The summed E-state index contributed by atoms with van der Waals surface area (Å²) in [5.74, 6) is -1.62. The molecule has 1 aromatic carbocycles. The van der Waals surface area contributed by atoms with E-state index in [4.69, 9.17) is 16.7 Å². The first-order valence-corrected chi connectivity index (χ1v) is 5.11. The molecule has 0 aliphatic heterocycles. The van der Waals surface area contributed by atoms with Gasteiger partial charge in [-0.25, -0.2) is 14.2 Å². The molecule has 0 aliphatic carbocycles. The normalized spacial score (nSPS) is 10.2. The van der Waals surface area contributed by atoms with Crippen molar-refractivity contribution >= 4 is 17.6 Å². The number of carbonyl (C=O) groups is 1. The van der Waals surface area contributed by atoms with Crippen molar-refractivity contribution in [1.82, 2.24) is 4.98 Å². The first-order valence-electron chi connectivity index (χ1n) is 4.73. The number of benzene rings is 1. The number of hydrogen-bond donors (Lipinski definition) is 1. The molecule has 0 spiro atoms. The maximum Gasteiger partial charge on any atom is 0.356 e. The third-order valence-electron chi connectivity index (χ3n) is 2.17.